The summed E-state index contributed by atoms with van der Waals surface area (Å²) in [5, 5.41) is 17.6. The van der Waals surface area contributed by atoms with Crippen LogP contribution in [0, 0.1) is 0 Å². The Morgan fingerprint density at radius 1 is 1.10 bits per heavy atom. The quantitative estimate of drug-likeness (QED) is 0.595. The van der Waals surface area contributed by atoms with Gasteiger partial charge in [0.25, 0.3) is 11.8 Å². The van der Waals surface area contributed by atoms with E-state index in [9.17, 15) is 14.4 Å². The highest BCUT2D eigenvalue weighted by Gasteiger charge is 2.34. The summed E-state index contributed by atoms with van der Waals surface area (Å²) >= 11 is 0. The van der Waals surface area contributed by atoms with Crippen molar-refractivity contribution in [1.82, 2.24) is 4.90 Å². The molecule has 6 heteroatoms. The van der Waals surface area contributed by atoms with E-state index in [1.165, 1.54) is 0 Å². The summed E-state index contributed by atoms with van der Waals surface area (Å²) in [6.07, 6.45) is -0.382. The summed E-state index contributed by atoms with van der Waals surface area (Å²) < 4.78 is 0. The zero-order chi connectivity index (χ0) is 14.7. The number of hydrogen-bond donors (Lipinski definition) is 2. The predicted molar refractivity (Wildman–Crippen MR) is 69.3 cm³/mol. The van der Waals surface area contributed by atoms with Crippen molar-refractivity contribution in [3.8, 4) is 0 Å². The molecule has 2 amide bonds. The molecule has 0 aromatic heterocycles. The van der Waals surface area contributed by atoms with Gasteiger partial charge in [-0.25, -0.2) is 4.79 Å². The number of carboxylic acid groups (broad SMARTS) is 1. The first-order valence-corrected chi connectivity index (χ1v) is 6.38. The molecule has 0 spiro atoms. The smallest absolute Gasteiger partial charge is 0.332 e. The van der Waals surface area contributed by atoms with Crippen LogP contribution in [-0.4, -0.2) is 45.5 Å². The minimum atomic E-state index is -1.39. The number of carbonyl (C=O) groups excluding carboxylic acids is 2. The third-order valence-corrected chi connectivity index (χ3v) is 3.27. The van der Waals surface area contributed by atoms with Gasteiger partial charge >= 0.3 is 5.97 Å². The summed E-state index contributed by atoms with van der Waals surface area (Å²) in [5.41, 5.74) is 0.811. The number of amides is 2. The molecule has 0 unspecified atom stereocenters. The fraction of sp³-hybridized carbons (Fsp3) is 0.357. The molecule has 1 aliphatic rings. The van der Waals surface area contributed by atoms with E-state index in [-0.39, 0.29) is 24.8 Å². The van der Waals surface area contributed by atoms with Crippen LogP contribution in [0.3, 0.4) is 0 Å². The average molecular weight is 277 g/mol. The number of aliphatic hydroxyl groups is 1. The van der Waals surface area contributed by atoms with E-state index < -0.39 is 12.1 Å². The lowest BCUT2D eigenvalue weighted by Gasteiger charge is -2.13. The second kappa shape index (κ2) is 5.83. The molecule has 106 valence electrons. The molecular formula is C14H15NO5. The first-order chi connectivity index (χ1) is 9.52. The summed E-state index contributed by atoms with van der Waals surface area (Å²) in [4.78, 5) is 35.6. The van der Waals surface area contributed by atoms with Crippen LogP contribution < -0.4 is 0 Å². The summed E-state index contributed by atoms with van der Waals surface area (Å²) in [5.74, 6) is -1.89. The maximum Gasteiger partial charge on any atom is 0.332 e. The second-order valence-electron chi connectivity index (χ2n) is 4.66. The number of carbonyl (C=O) groups is 3. The van der Waals surface area contributed by atoms with Gasteiger partial charge in [-0.15, -0.1) is 0 Å². The SMILES string of the molecule is O=C(O)[C@@H](O)CCCCN1C(=O)c2ccccc2C1=O. The highest BCUT2D eigenvalue weighted by molar-refractivity contribution is 6.21. The molecule has 2 N–H and O–H groups in total. The molecule has 6 nitrogen and oxygen atoms in total. The van der Waals surface area contributed by atoms with Crippen LogP contribution >= 0.6 is 0 Å². The van der Waals surface area contributed by atoms with Gasteiger partial charge in [-0.2, -0.15) is 0 Å². The number of carboxylic acids is 1. The molecule has 1 aromatic rings. The Balaban J connectivity index is 1.88. The van der Waals surface area contributed by atoms with E-state index in [1.54, 1.807) is 24.3 Å². The van der Waals surface area contributed by atoms with Crippen LogP contribution in [0.1, 0.15) is 40.0 Å². The molecule has 1 atom stereocenters. The molecule has 0 bridgehead atoms. The molecule has 2 rings (SSSR count). The molecule has 0 radical (unpaired) electrons. The van der Waals surface area contributed by atoms with E-state index in [2.05, 4.69) is 0 Å². The first-order valence-electron chi connectivity index (χ1n) is 6.38. The normalized spacial score (nSPS) is 15.3. The molecule has 1 heterocycles. The largest absolute Gasteiger partial charge is 0.479 e. The van der Waals surface area contributed by atoms with Gasteiger partial charge in [-0.1, -0.05) is 12.1 Å². The van der Waals surface area contributed by atoms with Crippen molar-refractivity contribution in [3.05, 3.63) is 35.4 Å². The van der Waals surface area contributed by atoms with E-state index in [4.69, 9.17) is 10.2 Å². The van der Waals surface area contributed by atoms with Crippen LogP contribution in [0.25, 0.3) is 0 Å². The molecular weight excluding hydrogens is 262 g/mol. The number of aliphatic carboxylic acids is 1. The fourth-order valence-electron chi connectivity index (χ4n) is 2.17. The van der Waals surface area contributed by atoms with E-state index in [0.29, 0.717) is 24.0 Å². The molecule has 0 fully saturated rings. The molecule has 0 saturated carbocycles. The van der Waals surface area contributed by atoms with Gasteiger partial charge in [0.2, 0.25) is 0 Å². The van der Waals surface area contributed by atoms with Crippen LogP contribution in [0.2, 0.25) is 0 Å². The Bertz CT molecular complexity index is 519. The van der Waals surface area contributed by atoms with Crippen LogP contribution in [0.4, 0.5) is 0 Å². The zero-order valence-corrected chi connectivity index (χ0v) is 10.8. The number of aliphatic hydroxyl groups excluding tert-OH is 1. The third kappa shape index (κ3) is 2.70. The average Bonchev–Trinajstić information content (AvgIpc) is 2.68. The predicted octanol–water partition coefficient (Wildman–Crippen LogP) is 0.898. The molecule has 20 heavy (non-hydrogen) atoms. The van der Waals surface area contributed by atoms with Crippen LogP contribution in [-0.2, 0) is 4.79 Å². The summed E-state index contributed by atoms with van der Waals surface area (Å²) in [6.45, 7) is 0.235. The fourth-order valence-corrected chi connectivity index (χ4v) is 2.17. The van der Waals surface area contributed by atoms with Crippen molar-refractivity contribution < 1.29 is 24.6 Å². The van der Waals surface area contributed by atoms with Gasteiger partial charge in [0.15, 0.2) is 6.10 Å². The third-order valence-electron chi connectivity index (χ3n) is 3.27. The topological polar surface area (TPSA) is 94.9 Å². The second-order valence-corrected chi connectivity index (χ2v) is 4.66. The summed E-state index contributed by atoms with van der Waals surface area (Å²) in [6, 6.07) is 6.64. The maximum atomic E-state index is 12.0. The lowest BCUT2D eigenvalue weighted by molar-refractivity contribution is -0.146. The Morgan fingerprint density at radius 2 is 1.65 bits per heavy atom. The number of rotatable bonds is 6. The van der Waals surface area contributed by atoms with Crippen molar-refractivity contribution in [2.75, 3.05) is 6.54 Å². The monoisotopic (exact) mass is 277 g/mol. The van der Waals surface area contributed by atoms with E-state index in [0.717, 1.165) is 4.90 Å². The van der Waals surface area contributed by atoms with Gasteiger partial charge in [0, 0.05) is 6.54 Å². The highest BCUT2D eigenvalue weighted by atomic mass is 16.4. The Morgan fingerprint density at radius 3 is 2.15 bits per heavy atom. The minimum absolute atomic E-state index is 0.110. The minimum Gasteiger partial charge on any atom is -0.479 e. The van der Waals surface area contributed by atoms with Gasteiger partial charge in [0.1, 0.15) is 0 Å². The van der Waals surface area contributed by atoms with E-state index in [1.807, 2.05) is 0 Å². The van der Waals surface area contributed by atoms with Crippen molar-refractivity contribution in [3.63, 3.8) is 0 Å². The van der Waals surface area contributed by atoms with Crippen molar-refractivity contribution >= 4 is 17.8 Å². The maximum absolute atomic E-state index is 12.0. The molecule has 1 aromatic carbocycles. The van der Waals surface area contributed by atoms with Crippen molar-refractivity contribution in [2.24, 2.45) is 0 Å². The lowest BCUT2D eigenvalue weighted by Crippen LogP contribution is -2.31. The standard InChI is InChI=1S/C14H15NO5/c16-11(14(19)20)7-3-4-8-15-12(17)9-5-1-2-6-10(9)13(15)18/h1-2,5-6,11,16H,3-4,7-8H2,(H,19,20)/t11-/m0/s1. The van der Waals surface area contributed by atoms with Gasteiger partial charge in [0.05, 0.1) is 11.1 Å². The molecule has 1 aliphatic heterocycles. The number of fused-ring (bicyclic) bond motifs is 1. The van der Waals surface area contributed by atoms with Crippen molar-refractivity contribution in [2.45, 2.75) is 25.4 Å². The Hall–Kier alpha value is -2.21. The Labute approximate surface area is 115 Å². The van der Waals surface area contributed by atoms with Gasteiger partial charge in [-0.05, 0) is 31.4 Å². The molecule has 0 saturated heterocycles. The summed E-state index contributed by atoms with van der Waals surface area (Å²) in [7, 11) is 0. The number of benzene rings is 1. The van der Waals surface area contributed by atoms with Crippen molar-refractivity contribution in [1.29, 1.82) is 0 Å². The number of imide groups is 1. The Kier molecular flexibility index (Phi) is 4.14. The zero-order valence-electron chi connectivity index (χ0n) is 10.8. The van der Waals surface area contributed by atoms with E-state index >= 15 is 0 Å². The molecule has 0 aliphatic carbocycles. The number of hydrogen-bond acceptors (Lipinski definition) is 4. The van der Waals surface area contributed by atoms with Gasteiger partial charge < -0.3 is 10.2 Å². The highest BCUT2D eigenvalue weighted by Crippen LogP contribution is 2.22. The lowest BCUT2D eigenvalue weighted by atomic mass is 10.1. The number of unbranched alkanes of at least 4 members (excludes halogenated alkanes) is 1. The van der Waals surface area contributed by atoms with Crippen LogP contribution in [0.15, 0.2) is 24.3 Å². The number of nitrogens with zero attached hydrogens (tertiary/aromatic N) is 1. The van der Waals surface area contributed by atoms with Crippen LogP contribution in [0.5, 0.6) is 0 Å². The van der Waals surface area contributed by atoms with Gasteiger partial charge in [-0.3, -0.25) is 14.5 Å². The first kappa shape index (κ1) is 14.2.